The molecule has 1 N–H and O–H groups in total. The molecule has 3 heteroatoms. The van der Waals surface area contributed by atoms with Crippen molar-refractivity contribution in [2.24, 2.45) is 0 Å². The van der Waals surface area contributed by atoms with Gasteiger partial charge in [0.1, 0.15) is 0 Å². The van der Waals surface area contributed by atoms with Crippen molar-refractivity contribution in [2.75, 3.05) is 6.61 Å². The Hall–Kier alpha value is -2.49. The number of thiophene rings is 1. The highest BCUT2D eigenvalue weighted by atomic mass is 32.2. The van der Waals surface area contributed by atoms with Gasteiger partial charge in [-0.15, -0.1) is 0 Å². The van der Waals surface area contributed by atoms with Crippen molar-refractivity contribution < 1.29 is 9.90 Å². The van der Waals surface area contributed by atoms with Gasteiger partial charge >= 0.3 is 0 Å². The number of hydrogen-bond acceptors (Lipinski definition) is 2. The fourth-order valence-electron chi connectivity index (χ4n) is 3.27. The second kappa shape index (κ2) is 6.79. The zero-order chi connectivity index (χ0) is 17.2. The predicted octanol–water partition coefficient (Wildman–Crippen LogP) is 5.69. The predicted molar refractivity (Wildman–Crippen MR) is 106 cm³/mol. The van der Waals surface area contributed by atoms with Crippen molar-refractivity contribution in [2.45, 2.75) is 12.8 Å². The van der Waals surface area contributed by atoms with E-state index >= 15 is 0 Å². The van der Waals surface area contributed by atoms with Gasteiger partial charge in [-0.2, -0.15) is 0 Å². The standard InChI is InChI=1S/C22H19O2S/c23-15-5-8-20(24)16-11-13-17(14-12-16)25-21-9-3-1-6-18(21)19-7-2-4-10-22(19)25/h1-4,6-7,9-14,23H,5,8,15H2/q+1. The molecule has 2 nitrogen and oxygen atoms in total. The Kier molecular flexibility index (Phi) is 4.35. The van der Waals surface area contributed by atoms with Crippen LogP contribution in [0.1, 0.15) is 23.2 Å². The number of carbonyl (C=O) groups is 1. The molecule has 0 aliphatic carbocycles. The Labute approximate surface area is 149 Å². The Morgan fingerprint density at radius 2 is 1.36 bits per heavy atom. The first-order valence-corrected chi connectivity index (χ1v) is 9.69. The van der Waals surface area contributed by atoms with Crippen LogP contribution in [0.4, 0.5) is 0 Å². The highest BCUT2D eigenvalue weighted by Gasteiger charge is 2.23. The van der Waals surface area contributed by atoms with Gasteiger partial charge in [-0.25, -0.2) is 0 Å². The highest BCUT2D eigenvalue weighted by Crippen LogP contribution is 2.48. The van der Waals surface area contributed by atoms with Crippen LogP contribution in [0.15, 0.2) is 72.8 Å². The van der Waals surface area contributed by atoms with E-state index in [2.05, 4.69) is 60.7 Å². The van der Waals surface area contributed by atoms with Crippen LogP contribution in [0.5, 0.6) is 0 Å². The normalized spacial score (nSPS) is 11.2. The SMILES string of the molecule is O=C(CCCO)c1ccc(-[s+]2c3ccccc3c3ccccc32)cc1. The highest BCUT2D eigenvalue weighted by molar-refractivity contribution is 7.50. The first-order chi connectivity index (χ1) is 12.3. The van der Waals surface area contributed by atoms with Crippen molar-refractivity contribution in [3.63, 3.8) is 0 Å². The molecule has 0 fully saturated rings. The Morgan fingerprint density at radius 1 is 0.800 bits per heavy atom. The van der Waals surface area contributed by atoms with Crippen molar-refractivity contribution in [1.29, 1.82) is 0 Å². The largest absolute Gasteiger partial charge is 0.396 e. The van der Waals surface area contributed by atoms with Crippen molar-refractivity contribution >= 4 is 36.4 Å². The van der Waals surface area contributed by atoms with Crippen LogP contribution in [0.3, 0.4) is 0 Å². The minimum absolute atomic E-state index is 0.0564. The van der Waals surface area contributed by atoms with Crippen LogP contribution in [-0.4, -0.2) is 17.5 Å². The van der Waals surface area contributed by atoms with Gasteiger partial charge in [0.15, 0.2) is 20.1 Å². The lowest BCUT2D eigenvalue weighted by atomic mass is 10.1. The number of benzene rings is 3. The number of aliphatic hydroxyl groups is 1. The molecule has 0 atom stereocenters. The average molecular weight is 347 g/mol. The zero-order valence-corrected chi connectivity index (χ0v) is 14.6. The molecule has 0 bridgehead atoms. The third-order valence-electron chi connectivity index (χ3n) is 4.48. The Bertz CT molecular complexity index is 991. The minimum atomic E-state index is -0.119. The third-order valence-corrected chi connectivity index (χ3v) is 6.81. The maximum atomic E-state index is 12.1. The van der Waals surface area contributed by atoms with E-state index in [1.54, 1.807) is 0 Å². The fourth-order valence-corrected chi connectivity index (χ4v) is 5.65. The molecule has 124 valence electrons. The van der Waals surface area contributed by atoms with Crippen molar-refractivity contribution in [3.05, 3.63) is 78.4 Å². The molecule has 1 heterocycles. The molecule has 0 aliphatic rings. The first-order valence-electron chi connectivity index (χ1n) is 8.46. The lowest BCUT2D eigenvalue weighted by molar-refractivity contribution is 0.0971. The lowest BCUT2D eigenvalue weighted by Gasteiger charge is -2.00. The van der Waals surface area contributed by atoms with Gasteiger partial charge in [-0.1, -0.05) is 24.3 Å². The number of rotatable bonds is 5. The number of fused-ring (bicyclic) bond motifs is 3. The van der Waals surface area contributed by atoms with Crippen LogP contribution in [0.25, 0.3) is 25.1 Å². The summed E-state index contributed by atoms with van der Waals surface area (Å²) in [7, 11) is -0.119. The van der Waals surface area contributed by atoms with Crippen LogP contribution in [-0.2, 0) is 0 Å². The van der Waals surface area contributed by atoms with Crippen molar-refractivity contribution in [3.8, 4) is 4.90 Å². The molecule has 0 aliphatic heterocycles. The van der Waals surface area contributed by atoms with Gasteiger partial charge in [0.2, 0.25) is 0 Å². The molecular weight excluding hydrogens is 328 g/mol. The zero-order valence-electron chi connectivity index (χ0n) is 13.8. The third kappa shape index (κ3) is 2.86. The molecule has 0 radical (unpaired) electrons. The van der Waals surface area contributed by atoms with Crippen LogP contribution < -0.4 is 0 Å². The number of ketones is 1. The van der Waals surface area contributed by atoms with Gasteiger partial charge < -0.3 is 5.11 Å². The summed E-state index contributed by atoms with van der Waals surface area (Å²) in [5, 5.41) is 11.5. The molecule has 4 aromatic rings. The van der Waals surface area contributed by atoms with Crippen LogP contribution >= 0.6 is 10.5 Å². The van der Waals surface area contributed by atoms with E-state index in [1.165, 1.54) is 25.1 Å². The summed E-state index contributed by atoms with van der Waals surface area (Å²) in [6, 6.07) is 25.2. The lowest BCUT2D eigenvalue weighted by Crippen LogP contribution is -1.99. The first kappa shape index (κ1) is 16.0. The summed E-state index contributed by atoms with van der Waals surface area (Å²) in [6.45, 7) is 0.0564. The number of hydrogen-bond donors (Lipinski definition) is 1. The van der Waals surface area contributed by atoms with E-state index in [0.717, 1.165) is 5.56 Å². The smallest absolute Gasteiger partial charge is 0.187 e. The molecule has 0 saturated carbocycles. The molecule has 3 aromatic carbocycles. The number of Topliss-reactive ketones (excluding diaryl/α,β-unsaturated/α-hetero) is 1. The average Bonchev–Trinajstić information content (AvgIpc) is 3.01. The molecule has 0 amide bonds. The van der Waals surface area contributed by atoms with Crippen LogP contribution in [0.2, 0.25) is 0 Å². The monoisotopic (exact) mass is 347 g/mol. The Balaban J connectivity index is 1.83. The maximum absolute atomic E-state index is 12.1. The summed E-state index contributed by atoms with van der Waals surface area (Å²) in [4.78, 5) is 13.4. The summed E-state index contributed by atoms with van der Waals surface area (Å²) in [6.07, 6.45) is 0.916. The van der Waals surface area contributed by atoms with E-state index in [4.69, 9.17) is 5.11 Å². The maximum Gasteiger partial charge on any atom is 0.187 e. The summed E-state index contributed by atoms with van der Waals surface area (Å²) in [5.74, 6) is 0.0937. The molecule has 4 rings (SSSR count). The molecule has 0 unspecified atom stereocenters. The topological polar surface area (TPSA) is 37.3 Å². The Morgan fingerprint density at radius 3 is 1.92 bits per heavy atom. The molecule has 25 heavy (non-hydrogen) atoms. The van der Waals surface area contributed by atoms with Gasteiger partial charge in [-0.3, -0.25) is 4.79 Å². The second-order valence-electron chi connectivity index (χ2n) is 6.07. The van der Waals surface area contributed by atoms with Gasteiger partial charge in [-0.05, 0) is 55.0 Å². The molecule has 0 spiro atoms. The number of carbonyl (C=O) groups excluding carboxylic acids is 1. The van der Waals surface area contributed by atoms with Gasteiger partial charge in [0, 0.05) is 39.8 Å². The van der Waals surface area contributed by atoms with E-state index in [-0.39, 0.29) is 22.9 Å². The molecular formula is C22H19O2S+. The quantitative estimate of drug-likeness (QED) is 0.372. The minimum Gasteiger partial charge on any atom is -0.396 e. The fraction of sp³-hybridized carbons (Fsp3) is 0.136. The van der Waals surface area contributed by atoms with Crippen molar-refractivity contribution in [1.82, 2.24) is 0 Å². The van der Waals surface area contributed by atoms with Gasteiger partial charge in [0.05, 0.1) is 0 Å². The van der Waals surface area contributed by atoms with Crippen LogP contribution in [0, 0.1) is 0 Å². The molecule has 0 saturated heterocycles. The van der Waals surface area contributed by atoms with E-state index in [0.29, 0.717) is 12.8 Å². The van der Waals surface area contributed by atoms with E-state index in [9.17, 15) is 4.79 Å². The number of aliphatic hydroxyl groups excluding tert-OH is 1. The summed E-state index contributed by atoms with van der Waals surface area (Å²) < 4.78 is 2.70. The second-order valence-corrected chi connectivity index (χ2v) is 8.04. The van der Waals surface area contributed by atoms with E-state index < -0.39 is 0 Å². The summed E-state index contributed by atoms with van der Waals surface area (Å²) >= 11 is 0. The van der Waals surface area contributed by atoms with E-state index in [1.807, 2.05) is 12.1 Å². The summed E-state index contributed by atoms with van der Waals surface area (Å²) in [5.41, 5.74) is 0.724. The molecule has 1 aromatic heterocycles. The van der Waals surface area contributed by atoms with Gasteiger partial charge in [0.25, 0.3) is 0 Å².